The molecule has 154 valence electrons. The zero-order valence-corrected chi connectivity index (χ0v) is 18.5. The molecule has 4 nitrogen and oxygen atoms in total. The third kappa shape index (κ3) is 4.46. The number of aryl methyl sites for hydroxylation is 1. The summed E-state index contributed by atoms with van der Waals surface area (Å²) in [6.07, 6.45) is 6.78. The Labute approximate surface area is 177 Å². The summed E-state index contributed by atoms with van der Waals surface area (Å²) in [5, 5.41) is 5.62. The van der Waals surface area contributed by atoms with Crippen molar-refractivity contribution >= 4 is 16.3 Å². The van der Waals surface area contributed by atoms with Crippen LogP contribution in [0.2, 0.25) is 0 Å². The smallest absolute Gasteiger partial charge is 0.259 e. The topological polar surface area (TPSA) is 46.4 Å². The molecular formula is C24H31N3OS. The Kier molecular flexibility index (Phi) is 6.16. The molecule has 0 aliphatic heterocycles. The van der Waals surface area contributed by atoms with Crippen molar-refractivity contribution in [2.24, 2.45) is 5.92 Å². The van der Waals surface area contributed by atoms with Crippen molar-refractivity contribution in [3.05, 3.63) is 68.6 Å². The van der Waals surface area contributed by atoms with Gasteiger partial charge in [-0.3, -0.25) is 9.20 Å². The van der Waals surface area contributed by atoms with Crippen LogP contribution in [-0.2, 0) is 6.54 Å². The summed E-state index contributed by atoms with van der Waals surface area (Å²) in [5.41, 5.74) is 4.55. The number of hydrogen-bond donors (Lipinski definition) is 1. The van der Waals surface area contributed by atoms with E-state index in [1.165, 1.54) is 54.6 Å². The molecule has 0 saturated heterocycles. The molecule has 1 aliphatic carbocycles. The Balaban J connectivity index is 1.49. The first-order chi connectivity index (χ1) is 14.0. The highest BCUT2D eigenvalue weighted by Gasteiger charge is 2.19. The highest BCUT2D eigenvalue weighted by Crippen LogP contribution is 2.33. The van der Waals surface area contributed by atoms with E-state index in [1.54, 1.807) is 10.5 Å². The fourth-order valence-electron chi connectivity index (χ4n) is 4.56. The van der Waals surface area contributed by atoms with Gasteiger partial charge in [-0.25, -0.2) is 4.98 Å². The first-order valence-electron chi connectivity index (χ1n) is 10.8. The summed E-state index contributed by atoms with van der Waals surface area (Å²) < 4.78 is 1.68. The summed E-state index contributed by atoms with van der Waals surface area (Å²) in [6, 6.07) is 11.1. The van der Waals surface area contributed by atoms with Crippen molar-refractivity contribution < 1.29 is 0 Å². The van der Waals surface area contributed by atoms with Crippen LogP contribution in [0.3, 0.4) is 0 Å². The van der Waals surface area contributed by atoms with Crippen molar-refractivity contribution in [2.45, 2.75) is 71.4 Å². The number of fused-ring (bicyclic) bond motifs is 1. The quantitative estimate of drug-likeness (QED) is 0.576. The van der Waals surface area contributed by atoms with Gasteiger partial charge in [0.15, 0.2) is 4.96 Å². The van der Waals surface area contributed by atoms with Crippen LogP contribution in [0.4, 0.5) is 0 Å². The van der Waals surface area contributed by atoms with Crippen molar-refractivity contribution in [1.29, 1.82) is 0 Å². The number of rotatable bonds is 6. The largest absolute Gasteiger partial charge is 0.304 e. The van der Waals surface area contributed by atoms with Gasteiger partial charge in [0.25, 0.3) is 5.56 Å². The van der Waals surface area contributed by atoms with E-state index in [1.807, 2.05) is 12.3 Å². The van der Waals surface area contributed by atoms with Crippen LogP contribution < -0.4 is 10.9 Å². The highest BCUT2D eigenvalue weighted by molar-refractivity contribution is 7.15. The number of aromatic nitrogens is 2. The molecule has 0 bridgehead atoms. The normalized spacial score (nSPS) is 16.6. The Morgan fingerprint density at radius 1 is 1.17 bits per heavy atom. The van der Waals surface area contributed by atoms with Gasteiger partial charge in [0, 0.05) is 29.7 Å². The van der Waals surface area contributed by atoms with E-state index in [-0.39, 0.29) is 11.6 Å². The lowest BCUT2D eigenvalue weighted by molar-refractivity contribution is 0.408. The van der Waals surface area contributed by atoms with E-state index in [0.717, 1.165) is 22.3 Å². The van der Waals surface area contributed by atoms with Crippen LogP contribution in [-0.4, -0.2) is 9.38 Å². The standard InChI is InChI=1S/C24H31N3OS/c1-16(2)23(20-11-9-19(10-12-20)18-7-5-4-6-8-18)25-14-21-13-22(28)27-17(3)15-29-24(27)26-21/h9-13,15-16,18,23,25H,4-8,14H2,1-3H3. The maximum absolute atomic E-state index is 12.4. The van der Waals surface area contributed by atoms with Crippen LogP contribution in [0.15, 0.2) is 40.5 Å². The van der Waals surface area contributed by atoms with E-state index >= 15 is 0 Å². The van der Waals surface area contributed by atoms with Crippen LogP contribution >= 0.6 is 11.3 Å². The Morgan fingerprint density at radius 3 is 2.59 bits per heavy atom. The predicted octanol–water partition coefficient (Wildman–Crippen LogP) is 5.60. The number of nitrogens with zero attached hydrogens (tertiary/aromatic N) is 2. The van der Waals surface area contributed by atoms with Crippen molar-refractivity contribution in [3.8, 4) is 0 Å². The first kappa shape index (κ1) is 20.3. The molecule has 1 atom stereocenters. The number of thiazole rings is 1. The van der Waals surface area contributed by atoms with Crippen LogP contribution in [0, 0.1) is 12.8 Å². The molecular weight excluding hydrogens is 378 g/mol. The third-order valence-corrected chi connectivity index (χ3v) is 7.11. The minimum atomic E-state index is 0.00322. The molecule has 1 saturated carbocycles. The maximum Gasteiger partial charge on any atom is 0.259 e. The predicted molar refractivity (Wildman–Crippen MR) is 121 cm³/mol. The number of nitrogens with one attached hydrogen (secondary N) is 1. The van der Waals surface area contributed by atoms with Gasteiger partial charge in [-0.05, 0) is 42.7 Å². The molecule has 29 heavy (non-hydrogen) atoms. The second-order valence-electron chi connectivity index (χ2n) is 8.68. The molecule has 0 amide bonds. The fourth-order valence-corrected chi connectivity index (χ4v) is 5.45. The molecule has 1 aliphatic rings. The second kappa shape index (κ2) is 8.80. The van der Waals surface area contributed by atoms with Crippen molar-refractivity contribution in [3.63, 3.8) is 0 Å². The van der Waals surface area contributed by atoms with Gasteiger partial charge in [-0.1, -0.05) is 57.4 Å². The third-order valence-electron chi connectivity index (χ3n) is 6.17. The van der Waals surface area contributed by atoms with Crippen LogP contribution in [0.5, 0.6) is 0 Å². The first-order valence-corrected chi connectivity index (χ1v) is 11.7. The molecule has 1 N–H and O–H groups in total. The molecule has 1 aromatic carbocycles. The van der Waals surface area contributed by atoms with E-state index < -0.39 is 0 Å². The maximum atomic E-state index is 12.4. The number of hydrogen-bond acceptors (Lipinski definition) is 4. The molecule has 2 aromatic heterocycles. The summed E-state index contributed by atoms with van der Waals surface area (Å²) in [5.74, 6) is 1.19. The Morgan fingerprint density at radius 2 is 1.90 bits per heavy atom. The molecule has 1 fully saturated rings. The van der Waals surface area contributed by atoms with Gasteiger partial charge in [-0.2, -0.15) is 0 Å². The molecule has 2 heterocycles. The van der Waals surface area contributed by atoms with Gasteiger partial charge in [-0.15, -0.1) is 11.3 Å². The van der Waals surface area contributed by atoms with E-state index in [4.69, 9.17) is 0 Å². The Hall–Kier alpha value is -1.98. The zero-order chi connectivity index (χ0) is 20.4. The lowest BCUT2D eigenvalue weighted by Gasteiger charge is -2.25. The van der Waals surface area contributed by atoms with E-state index in [2.05, 4.69) is 48.4 Å². The Bertz CT molecular complexity index is 1010. The molecule has 3 aromatic rings. The zero-order valence-electron chi connectivity index (χ0n) is 17.6. The van der Waals surface area contributed by atoms with Crippen LogP contribution in [0.25, 0.3) is 4.96 Å². The SMILES string of the molecule is Cc1csc2nc(CNC(c3ccc(C4CCCCC4)cc3)C(C)C)cc(=O)n12. The highest BCUT2D eigenvalue weighted by atomic mass is 32.1. The molecule has 0 spiro atoms. The molecule has 5 heteroatoms. The lowest BCUT2D eigenvalue weighted by atomic mass is 9.83. The summed E-state index contributed by atoms with van der Waals surface area (Å²) >= 11 is 1.52. The molecule has 1 unspecified atom stereocenters. The molecule has 4 rings (SSSR count). The van der Waals surface area contributed by atoms with Crippen molar-refractivity contribution in [1.82, 2.24) is 14.7 Å². The minimum absolute atomic E-state index is 0.00322. The monoisotopic (exact) mass is 409 g/mol. The second-order valence-corrected chi connectivity index (χ2v) is 9.52. The van der Waals surface area contributed by atoms with Crippen LogP contribution in [0.1, 0.15) is 80.4 Å². The van der Waals surface area contributed by atoms with E-state index in [9.17, 15) is 4.79 Å². The fraction of sp³-hybridized carbons (Fsp3) is 0.500. The average Bonchev–Trinajstić information content (AvgIpc) is 3.10. The van der Waals surface area contributed by atoms with Gasteiger partial charge in [0.2, 0.25) is 0 Å². The van der Waals surface area contributed by atoms with Gasteiger partial charge < -0.3 is 5.32 Å². The van der Waals surface area contributed by atoms with Gasteiger partial charge in [0.1, 0.15) is 0 Å². The summed E-state index contributed by atoms with van der Waals surface area (Å²) in [6.45, 7) is 7.01. The number of benzene rings is 1. The van der Waals surface area contributed by atoms with Gasteiger partial charge in [0.05, 0.1) is 5.69 Å². The minimum Gasteiger partial charge on any atom is -0.304 e. The van der Waals surface area contributed by atoms with Crippen molar-refractivity contribution in [2.75, 3.05) is 0 Å². The summed E-state index contributed by atoms with van der Waals surface area (Å²) in [4.78, 5) is 17.9. The van der Waals surface area contributed by atoms with Gasteiger partial charge >= 0.3 is 0 Å². The lowest BCUT2D eigenvalue weighted by Crippen LogP contribution is -2.27. The summed E-state index contributed by atoms with van der Waals surface area (Å²) in [7, 11) is 0. The average molecular weight is 410 g/mol. The van der Waals surface area contributed by atoms with E-state index in [0.29, 0.717) is 12.5 Å². The molecule has 0 radical (unpaired) electrons.